The highest BCUT2D eigenvalue weighted by molar-refractivity contribution is 7.83. The second kappa shape index (κ2) is 10.1. The number of nitrogens with two attached hydrogens (primary N) is 1. The van der Waals surface area contributed by atoms with E-state index < -0.39 is 11.0 Å². The lowest BCUT2D eigenvalue weighted by Gasteiger charge is -2.05. The molecule has 7 heteroatoms. The zero-order valence-electron chi connectivity index (χ0n) is 17.2. The molecule has 2 aromatic heterocycles. The molecule has 2 aromatic carbocycles. The van der Waals surface area contributed by atoms with E-state index in [0.29, 0.717) is 15.6 Å². The summed E-state index contributed by atoms with van der Waals surface area (Å²) in [7, 11) is -1.39. The number of fused-ring (bicyclic) bond motifs is 1. The van der Waals surface area contributed by atoms with Gasteiger partial charge in [-0.15, -0.1) is 0 Å². The van der Waals surface area contributed by atoms with Crippen LogP contribution in [0.15, 0.2) is 71.9 Å². The zero-order valence-corrected chi connectivity index (χ0v) is 18.8. The van der Waals surface area contributed by atoms with Gasteiger partial charge in [-0.05, 0) is 18.2 Å². The van der Waals surface area contributed by atoms with E-state index in [1.54, 1.807) is 10.2 Å². The summed E-state index contributed by atoms with van der Waals surface area (Å²) in [5.74, 6) is 0.139. The van der Waals surface area contributed by atoms with E-state index in [-0.39, 0.29) is 5.95 Å². The number of anilines is 1. The van der Waals surface area contributed by atoms with E-state index in [2.05, 4.69) is 9.97 Å². The number of nitrogens with zero attached hydrogens (tertiary/aromatic N) is 3. The molecule has 0 amide bonds. The fraction of sp³-hybridized carbons (Fsp3) is 0.250. The Kier molecular flexibility index (Phi) is 6.99. The van der Waals surface area contributed by atoms with Crippen molar-refractivity contribution in [1.29, 1.82) is 0 Å². The van der Waals surface area contributed by atoms with Gasteiger partial charge in [0.15, 0.2) is 11.0 Å². The highest BCUT2D eigenvalue weighted by Gasteiger charge is 2.18. The normalized spacial score (nSPS) is 14.6. The first-order chi connectivity index (χ1) is 15.1. The first-order valence-electron chi connectivity index (χ1n) is 10.5. The van der Waals surface area contributed by atoms with Crippen LogP contribution in [0.4, 0.5) is 5.95 Å². The van der Waals surface area contributed by atoms with Gasteiger partial charge in [0.1, 0.15) is 0 Å². The summed E-state index contributed by atoms with van der Waals surface area (Å²) in [6.45, 7) is 0. The van der Waals surface area contributed by atoms with E-state index in [9.17, 15) is 4.21 Å². The number of benzene rings is 2. The summed E-state index contributed by atoms with van der Waals surface area (Å²) in [4.78, 5) is 8.87. The van der Waals surface area contributed by atoms with Gasteiger partial charge in [0.25, 0.3) is 0 Å². The molecular weight excluding hydrogens is 428 g/mol. The molecule has 0 aliphatic heterocycles. The smallest absolute Gasteiger partial charge is 0.220 e. The molecule has 1 fully saturated rings. The molecule has 31 heavy (non-hydrogen) atoms. The summed E-state index contributed by atoms with van der Waals surface area (Å²) < 4.78 is 14.8. The maximum atomic E-state index is 13.0. The molecule has 2 N–H and O–H groups in total. The molecule has 1 atom stereocenters. The average molecular weight is 453 g/mol. The Morgan fingerprint density at radius 3 is 2.19 bits per heavy atom. The van der Waals surface area contributed by atoms with Crippen molar-refractivity contribution in [2.24, 2.45) is 0 Å². The Labute approximate surface area is 189 Å². The number of nitrogen functional groups attached to an aromatic ring is 1. The van der Waals surface area contributed by atoms with Crippen LogP contribution in [0.3, 0.4) is 0 Å². The third-order valence-corrected chi connectivity index (χ3v) is 6.93. The van der Waals surface area contributed by atoms with Crippen molar-refractivity contribution in [2.45, 2.75) is 43.4 Å². The summed E-state index contributed by atoms with van der Waals surface area (Å²) in [5.41, 5.74) is 7.83. The number of hydrogen-bond acceptors (Lipinski definition) is 4. The van der Waals surface area contributed by atoms with E-state index in [0.717, 1.165) is 16.5 Å². The van der Waals surface area contributed by atoms with Gasteiger partial charge >= 0.3 is 0 Å². The van der Waals surface area contributed by atoms with E-state index in [1.165, 1.54) is 44.7 Å². The molecule has 2 heterocycles. The molecule has 1 aliphatic carbocycles. The second-order valence-electron chi connectivity index (χ2n) is 7.49. The molecule has 0 bridgehead atoms. The van der Waals surface area contributed by atoms with Crippen LogP contribution < -0.4 is 5.73 Å². The Balaban J connectivity index is 0.000000334. The summed E-state index contributed by atoms with van der Waals surface area (Å²) in [6.07, 6.45) is 12.3. The molecular formula is C24H25ClN4OS. The molecule has 5 rings (SSSR count). The topological polar surface area (TPSA) is 73.8 Å². The first kappa shape index (κ1) is 21.5. The molecule has 1 saturated carbocycles. The van der Waals surface area contributed by atoms with Gasteiger partial charge in [0.05, 0.1) is 27.3 Å². The Morgan fingerprint density at radius 1 is 0.903 bits per heavy atom. The lowest BCUT2D eigenvalue weighted by atomic mass is 10.0. The predicted octanol–water partition coefficient (Wildman–Crippen LogP) is 6.25. The zero-order chi connectivity index (χ0) is 21.6. The fourth-order valence-electron chi connectivity index (χ4n) is 3.76. The maximum absolute atomic E-state index is 13.0. The van der Waals surface area contributed by atoms with Crippen LogP contribution in [-0.2, 0) is 11.0 Å². The molecule has 0 saturated heterocycles. The fourth-order valence-corrected chi connectivity index (χ4v) is 5.11. The molecule has 160 valence electrons. The number of hydrogen-bond donors (Lipinski definition) is 1. The van der Waals surface area contributed by atoms with E-state index in [4.69, 9.17) is 17.3 Å². The highest BCUT2D eigenvalue weighted by atomic mass is 35.5. The largest absolute Gasteiger partial charge is 0.368 e. The van der Waals surface area contributed by atoms with Crippen molar-refractivity contribution in [1.82, 2.24) is 13.9 Å². The molecule has 0 spiro atoms. The lowest BCUT2D eigenvalue weighted by Crippen LogP contribution is -2.03. The van der Waals surface area contributed by atoms with Crippen LogP contribution in [-0.4, -0.2) is 18.1 Å². The average Bonchev–Trinajstić information content (AvgIpc) is 3.22. The Bertz CT molecular complexity index is 1180. The SMILES string of the molecule is C1CCCCC1.Nc1ncc(Cl)c(-c2cn(S(=O)c3ccccc3)c3ccccc23)n1. The number of aromatic nitrogens is 3. The van der Waals surface area contributed by atoms with Gasteiger partial charge < -0.3 is 5.73 Å². The van der Waals surface area contributed by atoms with Crippen molar-refractivity contribution < 1.29 is 4.21 Å². The van der Waals surface area contributed by atoms with Crippen LogP contribution >= 0.6 is 11.6 Å². The van der Waals surface area contributed by atoms with E-state index >= 15 is 0 Å². The van der Waals surface area contributed by atoms with Crippen LogP contribution in [0, 0.1) is 0 Å². The van der Waals surface area contributed by atoms with Gasteiger partial charge in [-0.2, -0.15) is 0 Å². The van der Waals surface area contributed by atoms with Crippen LogP contribution in [0.1, 0.15) is 38.5 Å². The van der Waals surface area contributed by atoms with Gasteiger partial charge in [-0.25, -0.2) is 14.2 Å². The lowest BCUT2D eigenvalue weighted by molar-refractivity contribution is 0.504. The minimum absolute atomic E-state index is 0.139. The van der Waals surface area contributed by atoms with Crippen molar-refractivity contribution in [3.63, 3.8) is 0 Å². The van der Waals surface area contributed by atoms with E-state index in [1.807, 2.05) is 54.6 Å². The molecule has 0 radical (unpaired) electrons. The van der Waals surface area contributed by atoms with Crippen molar-refractivity contribution in [3.8, 4) is 11.3 Å². The predicted molar refractivity (Wildman–Crippen MR) is 128 cm³/mol. The minimum Gasteiger partial charge on any atom is -0.368 e. The third-order valence-electron chi connectivity index (χ3n) is 5.32. The molecule has 5 nitrogen and oxygen atoms in total. The minimum atomic E-state index is -1.39. The highest BCUT2D eigenvalue weighted by Crippen LogP contribution is 2.34. The first-order valence-corrected chi connectivity index (χ1v) is 12.0. The van der Waals surface area contributed by atoms with Crippen LogP contribution in [0.5, 0.6) is 0 Å². The van der Waals surface area contributed by atoms with Gasteiger partial charge in [-0.3, -0.25) is 3.97 Å². The standard InChI is InChI=1S/C18H13ClN4OS.C6H12/c19-15-10-21-18(20)22-17(15)14-11-23(16-9-5-4-8-13(14)16)25(24)12-6-2-1-3-7-12;1-2-4-6-5-3-1/h1-11H,(H2,20,21,22);1-6H2. The van der Waals surface area contributed by atoms with Gasteiger partial charge in [-0.1, -0.05) is 86.5 Å². The van der Waals surface area contributed by atoms with Crippen molar-refractivity contribution >= 4 is 39.4 Å². The Morgan fingerprint density at radius 2 is 1.52 bits per heavy atom. The summed E-state index contributed by atoms with van der Waals surface area (Å²) in [5, 5.41) is 1.29. The van der Waals surface area contributed by atoms with Crippen molar-refractivity contribution in [3.05, 3.63) is 72.0 Å². The quantitative estimate of drug-likeness (QED) is 0.399. The molecule has 1 unspecified atom stereocenters. The summed E-state index contributed by atoms with van der Waals surface area (Å²) in [6, 6.07) is 17.0. The second-order valence-corrected chi connectivity index (χ2v) is 9.26. The Hall–Kier alpha value is -2.70. The van der Waals surface area contributed by atoms with Crippen LogP contribution in [0.2, 0.25) is 5.02 Å². The molecule has 1 aliphatic rings. The number of halogens is 1. The summed E-state index contributed by atoms with van der Waals surface area (Å²) >= 11 is 6.27. The number of para-hydroxylation sites is 1. The third kappa shape index (κ3) is 4.97. The maximum Gasteiger partial charge on any atom is 0.220 e. The monoisotopic (exact) mass is 452 g/mol. The molecule has 4 aromatic rings. The van der Waals surface area contributed by atoms with Crippen LogP contribution in [0.25, 0.3) is 22.2 Å². The van der Waals surface area contributed by atoms with Crippen molar-refractivity contribution in [2.75, 3.05) is 5.73 Å². The van der Waals surface area contributed by atoms with Gasteiger partial charge in [0, 0.05) is 17.1 Å². The number of rotatable bonds is 3. The van der Waals surface area contributed by atoms with Gasteiger partial charge in [0.2, 0.25) is 5.95 Å².